The van der Waals surface area contributed by atoms with Gasteiger partial charge < -0.3 is 5.73 Å². The van der Waals surface area contributed by atoms with Gasteiger partial charge in [0.1, 0.15) is 5.82 Å². The number of aromatic nitrogens is 1. The van der Waals surface area contributed by atoms with Crippen molar-refractivity contribution in [2.24, 2.45) is 0 Å². The molecule has 2 N–H and O–H groups in total. The first-order chi connectivity index (χ1) is 6.95. The number of halogens is 3. The van der Waals surface area contributed by atoms with Crippen LogP contribution in [0.2, 0.25) is 0 Å². The number of nitrogens with two attached hydrogens (primary N) is 1. The highest BCUT2D eigenvalue weighted by atomic mass is 19.4. The van der Waals surface area contributed by atoms with Crippen molar-refractivity contribution in [3.05, 3.63) is 23.4 Å². The first kappa shape index (κ1) is 11.8. The molecule has 0 saturated heterocycles. The van der Waals surface area contributed by atoms with Crippen molar-refractivity contribution in [3.8, 4) is 0 Å². The fraction of sp³-hybridized carbons (Fsp3) is 0.500. The molecule has 1 aromatic rings. The van der Waals surface area contributed by atoms with Gasteiger partial charge in [0.2, 0.25) is 0 Å². The van der Waals surface area contributed by atoms with Crippen molar-refractivity contribution in [2.75, 3.05) is 5.73 Å². The predicted molar refractivity (Wildman–Crippen MR) is 52.3 cm³/mol. The van der Waals surface area contributed by atoms with E-state index in [1.807, 2.05) is 6.92 Å². The third kappa shape index (κ3) is 3.11. The van der Waals surface area contributed by atoms with Gasteiger partial charge in [0, 0.05) is 6.20 Å². The molecule has 1 rings (SSSR count). The van der Waals surface area contributed by atoms with Gasteiger partial charge in [-0.1, -0.05) is 13.3 Å². The molecule has 0 aliphatic rings. The van der Waals surface area contributed by atoms with Crippen LogP contribution in [0.4, 0.5) is 19.0 Å². The lowest BCUT2D eigenvalue weighted by Crippen LogP contribution is -2.08. The van der Waals surface area contributed by atoms with Crippen molar-refractivity contribution in [3.63, 3.8) is 0 Å². The second-order valence-corrected chi connectivity index (χ2v) is 3.37. The van der Waals surface area contributed by atoms with Crippen LogP contribution in [0.3, 0.4) is 0 Å². The van der Waals surface area contributed by atoms with Crippen LogP contribution < -0.4 is 5.73 Å². The van der Waals surface area contributed by atoms with Gasteiger partial charge in [-0.15, -0.1) is 0 Å². The van der Waals surface area contributed by atoms with Crippen LogP contribution in [-0.2, 0) is 12.6 Å². The van der Waals surface area contributed by atoms with Gasteiger partial charge in [-0.05, 0) is 24.5 Å². The van der Waals surface area contributed by atoms with E-state index in [0.29, 0.717) is 12.0 Å². The average molecular weight is 218 g/mol. The van der Waals surface area contributed by atoms with Crippen LogP contribution in [0.15, 0.2) is 12.3 Å². The number of aryl methyl sites for hydroxylation is 1. The fourth-order valence-electron chi connectivity index (χ4n) is 1.24. The standard InChI is InChI=1S/C10H13F3N2/c1-2-3-4-7-5-8(10(11,12)13)6-15-9(7)14/h5-6H,2-4H2,1H3,(H2,14,15). The monoisotopic (exact) mass is 218 g/mol. The molecule has 0 fully saturated rings. The van der Waals surface area contributed by atoms with Gasteiger partial charge >= 0.3 is 6.18 Å². The summed E-state index contributed by atoms with van der Waals surface area (Å²) in [5.74, 6) is 0.191. The quantitative estimate of drug-likeness (QED) is 0.846. The van der Waals surface area contributed by atoms with Crippen LogP contribution in [0.25, 0.3) is 0 Å². The van der Waals surface area contributed by atoms with E-state index in [4.69, 9.17) is 5.73 Å². The number of nitrogen functional groups attached to an aromatic ring is 1. The summed E-state index contributed by atoms with van der Waals surface area (Å²) in [5, 5.41) is 0. The summed E-state index contributed by atoms with van der Waals surface area (Å²) in [5.41, 5.74) is 5.24. The molecule has 0 radical (unpaired) electrons. The van der Waals surface area contributed by atoms with Crippen LogP contribution in [0.1, 0.15) is 30.9 Å². The van der Waals surface area contributed by atoms with Gasteiger partial charge in [-0.25, -0.2) is 4.98 Å². The minimum atomic E-state index is -4.35. The zero-order chi connectivity index (χ0) is 11.5. The first-order valence-corrected chi connectivity index (χ1v) is 4.76. The van der Waals surface area contributed by atoms with E-state index in [1.54, 1.807) is 0 Å². The summed E-state index contributed by atoms with van der Waals surface area (Å²) < 4.78 is 37.0. The van der Waals surface area contributed by atoms with Crippen LogP contribution in [-0.4, -0.2) is 4.98 Å². The van der Waals surface area contributed by atoms with E-state index in [-0.39, 0.29) is 5.82 Å². The van der Waals surface area contributed by atoms with Gasteiger partial charge in [0.05, 0.1) is 5.56 Å². The number of pyridine rings is 1. The molecule has 1 aromatic heterocycles. The normalized spacial score (nSPS) is 11.7. The lowest BCUT2D eigenvalue weighted by molar-refractivity contribution is -0.137. The summed E-state index contributed by atoms with van der Waals surface area (Å²) in [4.78, 5) is 3.56. The molecule has 84 valence electrons. The van der Waals surface area contributed by atoms with Gasteiger partial charge in [-0.3, -0.25) is 0 Å². The molecular formula is C10H13F3N2. The smallest absolute Gasteiger partial charge is 0.383 e. The molecule has 2 nitrogen and oxygen atoms in total. The third-order valence-corrected chi connectivity index (χ3v) is 2.13. The van der Waals surface area contributed by atoms with E-state index >= 15 is 0 Å². The zero-order valence-electron chi connectivity index (χ0n) is 8.43. The summed E-state index contributed by atoms with van der Waals surface area (Å²) >= 11 is 0. The molecule has 0 aromatic carbocycles. The molecule has 0 amide bonds. The fourth-order valence-corrected chi connectivity index (χ4v) is 1.24. The summed E-state index contributed by atoms with van der Waals surface area (Å²) in [6.07, 6.45) is -1.31. The minimum absolute atomic E-state index is 0.191. The maximum absolute atomic E-state index is 12.3. The summed E-state index contributed by atoms with van der Waals surface area (Å²) in [6.45, 7) is 1.97. The number of hydrogen-bond donors (Lipinski definition) is 1. The van der Waals surface area contributed by atoms with Crippen molar-refractivity contribution in [2.45, 2.75) is 32.4 Å². The first-order valence-electron chi connectivity index (χ1n) is 4.76. The van der Waals surface area contributed by atoms with Crippen LogP contribution >= 0.6 is 0 Å². The van der Waals surface area contributed by atoms with Gasteiger partial charge in [0.25, 0.3) is 0 Å². The van der Waals surface area contributed by atoms with E-state index in [2.05, 4.69) is 4.98 Å². The van der Waals surface area contributed by atoms with Crippen molar-refractivity contribution >= 4 is 5.82 Å². The maximum Gasteiger partial charge on any atom is 0.417 e. The number of alkyl halides is 3. The summed E-state index contributed by atoms with van der Waals surface area (Å²) in [7, 11) is 0. The molecule has 1 heterocycles. The number of unbranched alkanes of at least 4 members (excludes halogenated alkanes) is 1. The third-order valence-electron chi connectivity index (χ3n) is 2.13. The number of nitrogens with zero attached hydrogens (tertiary/aromatic N) is 1. The topological polar surface area (TPSA) is 38.9 Å². The Morgan fingerprint density at radius 2 is 2.07 bits per heavy atom. The molecule has 0 unspecified atom stereocenters. The molecule has 0 bridgehead atoms. The van der Waals surface area contributed by atoms with Crippen molar-refractivity contribution in [1.82, 2.24) is 4.98 Å². The highest BCUT2D eigenvalue weighted by molar-refractivity contribution is 5.41. The Morgan fingerprint density at radius 1 is 1.40 bits per heavy atom. The Balaban J connectivity index is 2.95. The Kier molecular flexibility index (Phi) is 3.55. The van der Waals surface area contributed by atoms with Gasteiger partial charge in [-0.2, -0.15) is 13.2 Å². The van der Waals surface area contributed by atoms with Crippen molar-refractivity contribution < 1.29 is 13.2 Å². The zero-order valence-corrected chi connectivity index (χ0v) is 8.43. The number of rotatable bonds is 3. The molecule has 5 heteroatoms. The Bertz CT molecular complexity index is 334. The molecule has 15 heavy (non-hydrogen) atoms. The maximum atomic E-state index is 12.3. The second kappa shape index (κ2) is 4.51. The van der Waals surface area contributed by atoms with Gasteiger partial charge in [0.15, 0.2) is 0 Å². The molecular weight excluding hydrogens is 205 g/mol. The van der Waals surface area contributed by atoms with E-state index in [0.717, 1.165) is 25.1 Å². The van der Waals surface area contributed by atoms with Crippen LogP contribution in [0.5, 0.6) is 0 Å². The molecule has 0 aliphatic carbocycles. The number of anilines is 1. The molecule has 0 saturated carbocycles. The summed E-state index contributed by atoms with van der Waals surface area (Å²) in [6, 6.07) is 1.08. The minimum Gasteiger partial charge on any atom is -0.383 e. The predicted octanol–water partition coefficient (Wildman–Crippen LogP) is 3.03. The van der Waals surface area contributed by atoms with Crippen LogP contribution in [0, 0.1) is 0 Å². The Labute approximate surface area is 86.3 Å². The molecule has 0 spiro atoms. The van der Waals surface area contributed by atoms with E-state index in [1.165, 1.54) is 0 Å². The molecule has 0 aliphatic heterocycles. The largest absolute Gasteiger partial charge is 0.417 e. The lowest BCUT2D eigenvalue weighted by Gasteiger charge is -2.09. The number of hydrogen-bond acceptors (Lipinski definition) is 2. The highest BCUT2D eigenvalue weighted by Crippen LogP contribution is 2.30. The Hall–Kier alpha value is -1.26. The van der Waals surface area contributed by atoms with E-state index < -0.39 is 11.7 Å². The lowest BCUT2D eigenvalue weighted by atomic mass is 10.1. The average Bonchev–Trinajstić information content (AvgIpc) is 2.15. The highest BCUT2D eigenvalue weighted by Gasteiger charge is 2.31. The second-order valence-electron chi connectivity index (χ2n) is 3.37. The Morgan fingerprint density at radius 3 is 2.60 bits per heavy atom. The SMILES string of the molecule is CCCCc1cc(C(F)(F)F)cnc1N. The molecule has 0 atom stereocenters. The van der Waals surface area contributed by atoms with E-state index in [9.17, 15) is 13.2 Å². The van der Waals surface area contributed by atoms with Crippen molar-refractivity contribution in [1.29, 1.82) is 0 Å².